The Morgan fingerprint density at radius 2 is 1.93 bits per heavy atom. The van der Waals surface area contributed by atoms with Crippen molar-refractivity contribution >= 4 is 45.1 Å². The lowest BCUT2D eigenvalue weighted by Crippen LogP contribution is -2.32. The number of hydrogen-bond donors (Lipinski definition) is 1. The summed E-state index contributed by atoms with van der Waals surface area (Å²) in [5.41, 5.74) is 3.89. The Morgan fingerprint density at radius 1 is 1.20 bits per heavy atom. The Kier molecular flexibility index (Phi) is 7.85. The van der Waals surface area contributed by atoms with Crippen LogP contribution >= 0.6 is 22.9 Å². The Morgan fingerprint density at radius 3 is 2.55 bits per heavy atom. The summed E-state index contributed by atoms with van der Waals surface area (Å²) in [6, 6.07) is 11.7. The topological polar surface area (TPSA) is 91.7 Å². The molecule has 1 aliphatic rings. The fourth-order valence-electron chi connectivity index (χ4n) is 5.11. The number of aryl methyl sites for hydroxylation is 1. The van der Waals surface area contributed by atoms with E-state index >= 15 is 0 Å². The maximum absolute atomic E-state index is 12.6. The summed E-state index contributed by atoms with van der Waals surface area (Å²) in [5, 5.41) is 11.6. The first-order valence-corrected chi connectivity index (χ1v) is 14.5. The van der Waals surface area contributed by atoms with Crippen molar-refractivity contribution in [1.29, 1.82) is 0 Å². The lowest BCUT2D eigenvalue weighted by atomic mass is 9.91. The molecule has 0 radical (unpaired) electrons. The second-order valence-corrected chi connectivity index (χ2v) is 12.8. The zero-order valence-corrected chi connectivity index (χ0v) is 25.2. The smallest absolute Gasteiger partial charge is 0.337 e. The highest BCUT2D eigenvalue weighted by atomic mass is 35.5. The molecule has 2 aromatic heterocycles. The minimum Gasteiger partial charge on any atom is -0.479 e. The van der Waals surface area contributed by atoms with Gasteiger partial charge in [-0.15, -0.1) is 11.3 Å². The molecular weight excluding hydrogens is 546 g/mol. The first kappa shape index (κ1) is 28.4. The molecule has 1 aliphatic heterocycles. The number of aromatic nitrogens is 3. The molecule has 0 aliphatic carbocycles. The van der Waals surface area contributed by atoms with Crippen molar-refractivity contribution in [2.45, 2.75) is 51.9 Å². The van der Waals surface area contributed by atoms with Crippen LogP contribution in [0.15, 0.2) is 42.6 Å². The van der Waals surface area contributed by atoms with E-state index < -0.39 is 17.7 Å². The van der Waals surface area contributed by atoms with Crippen LogP contribution in [-0.2, 0) is 9.53 Å². The fourth-order valence-corrected chi connectivity index (χ4v) is 6.33. The minimum absolute atomic E-state index is 0.468. The molecule has 4 aromatic rings. The van der Waals surface area contributed by atoms with Crippen molar-refractivity contribution < 1.29 is 14.6 Å². The molecule has 1 fully saturated rings. The number of ether oxygens (including phenoxy) is 1. The summed E-state index contributed by atoms with van der Waals surface area (Å²) in [5.74, 6) is -0.347. The van der Waals surface area contributed by atoms with E-state index in [2.05, 4.69) is 28.9 Å². The maximum Gasteiger partial charge on any atom is 0.337 e. The number of hydrogen-bond acceptors (Lipinski definition) is 8. The molecule has 0 amide bonds. The number of aliphatic carboxylic acids is 1. The van der Waals surface area contributed by atoms with Crippen LogP contribution in [0.4, 0.5) is 5.95 Å². The van der Waals surface area contributed by atoms with Crippen LogP contribution < -0.4 is 4.90 Å². The standard InChI is InChI=1S/C30H34ClN5O3S/c1-17-15-22-26(24(18-7-9-19(31)10-8-18)23(17)25(28(37)38)39-30(2,3)4)40-27(33-22)21-11-13-32-29(34-21)36-14-12-20(16-36)35(5)6/h7-11,13,15,20,25H,12,14,16H2,1-6H3,(H,37,38)/t20-,25-/m0/s1. The molecule has 8 nitrogen and oxygen atoms in total. The zero-order chi connectivity index (χ0) is 28.8. The third-order valence-electron chi connectivity index (χ3n) is 7.06. The number of fused-ring (bicyclic) bond motifs is 1. The van der Waals surface area contributed by atoms with Gasteiger partial charge in [0.15, 0.2) is 6.10 Å². The summed E-state index contributed by atoms with van der Waals surface area (Å²) in [4.78, 5) is 31.4. The first-order valence-electron chi connectivity index (χ1n) is 13.3. The van der Waals surface area contributed by atoms with Gasteiger partial charge < -0.3 is 19.6 Å². The number of halogens is 1. The highest BCUT2D eigenvalue weighted by Gasteiger charge is 2.32. The van der Waals surface area contributed by atoms with Crippen molar-refractivity contribution in [3.05, 3.63) is 58.7 Å². The minimum atomic E-state index is -1.16. The average Bonchev–Trinajstić information content (AvgIpc) is 3.55. The Balaban J connectivity index is 1.66. The van der Waals surface area contributed by atoms with Crippen molar-refractivity contribution in [1.82, 2.24) is 19.9 Å². The van der Waals surface area contributed by atoms with Gasteiger partial charge in [-0.3, -0.25) is 0 Å². The van der Waals surface area contributed by atoms with Crippen LogP contribution in [0.1, 0.15) is 44.4 Å². The van der Waals surface area contributed by atoms with Crippen molar-refractivity contribution in [3.8, 4) is 21.8 Å². The third-order valence-corrected chi connectivity index (χ3v) is 8.42. The number of carboxylic acid groups (broad SMARTS) is 1. The van der Waals surface area contributed by atoms with E-state index in [-0.39, 0.29) is 0 Å². The second kappa shape index (κ2) is 11.0. The van der Waals surface area contributed by atoms with Gasteiger partial charge in [0.25, 0.3) is 0 Å². The molecule has 0 bridgehead atoms. The lowest BCUT2D eigenvalue weighted by molar-refractivity contribution is -0.160. The normalized spacial score (nSPS) is 16.7. The van der Waals surface area contributed by atoms with E-state index in [9.17, 15) is 9.90 Å². The molecule has 40 heavy (non-hydrogen) atoms. The van der Waals surface area contributed by atoms with Gasteiger partial charge in [-0.05, 0) is 83.6 Å². The molecule has 210 valence electrons. The quantitative estimate of drug-likeness (QED) is 0.266. The van der Waals surface area contributed by atoms with E-state index in [4.69, 9.17) is 26.3 Å². The summed E-state index contributed by atoms with van der Waals surface area (Å²) in [6.45, 7) is 9.27. The molecule has 2 aromatic carbocycles. The molecule has 3 heterocycles. The van der Waals surface area contributed by atoms with E-state index in [0.717, 1.165) is 57.1 Å². The van der Waals surface area contributed by atoms with Gasteiger partial charge in [0.05, 0.1) is 15.8 Å². The van der Waals surface area contributed by atoms with Crippen LogP contribution in [0, 0.1) is 6.92 Å². The number of carboxylic acids is 1. The van der Waals surface area contributed by atoms with Gasteiger partial charge in [-0.1, -0.05) is 23.7 Å². The Hall–Kier alpha value is -3.11. The number of nitrogens with zero attached hydrogens (tertiary/aromatic N) is 5. The van der Waals surface area contributed by atoms with Gasteiger partial charge in [0.2, 0.25) is 5.95 Å². The predicted octanol–water partition coefficient (Wildman–Crippen LogP) is 6.46. The van der Waals surface area contributed by atoms with Gasteiger partial charge in [0, 0.05) is 41.5 Å². The van der Waals surface area contributed by atoms with Crippen LogP contribution in [0.25, 0.3) is 32.0 Å². The van der Waals surface area contributed by atoms with Gasteiger partial charge in [-0.25, -0.2) is 19.7 Å². The second-order valence-electron chi connectivity index (χ2n) is 11.4. The fraction of sp³-hybridized carbons (Fsp3) is 0.400. The summed E-state index contributed by atoms with van der Waals surface area (Å²) in [7, 11) is 4.20. The average molecular weight is 580 g/mol. The lowest BCUT2D eigenvalue weighted by Gasteiger charge is -2.28. The highest BCUT2D eigenvalue weighted by Crippen LogP contribution is 2.44. The van der Waals surface area contributed by atoms with Crippen molar-refractivity contribution in [3.63, 3.8) is 0 Å². The number of carbonyl (C=O) groups is 1. The number of benzene rings is 2. The molecule has 0 spiro atoms. The van der Waals surface area contributed by atoms with E-state index in [1.807, 2.05) is 64.1 Å². The van der Waals surface area contributed by atoms with Crippen LogP contribution in [0.5, 0.6) is 0 Å². The first-order chi connectivity index (χ1) is 18.9. The maximum atomic E-state index is 12.6. The molecular formula is C30H34ClN5O3S. The van der Waals surface area contributed by atoms with Crippen molar-refractivity contribution in [2.24, 2.45) is 0 Å². The molecule has 10 heteroatoms. The number of likely N-dealkylation sites (N-methyl/N-ethyl adjacent to an activating group) is 1. The number of rotatable bonds is 7. The summed E-state index contributed by atoms with van der Waals surface area (Å²) < 4.78 is 6.99. The predicted molar refractivity (Wildman–Crippen MR) is 161 cm³/mol. The van der Waals surface area contributed by atoms with E-state index in [1.165, 1.54) is 11.3 Å². The van der Waals surface area contributed by atoms with Crippen LogP contribution in [-0.4, -0.2) is 69.8 Å². The van der Waals surface area contributed by atoms with Crippen molar-refractivity contribution in [2.75, 3.05) is 32.1 Å². The van der Waals surface area contributed by atoms with Crippen LogP contribution in [0.3, 0.4) is 0 Å². The highest BCUT2D eigenvalue weighted by molar-refractivity contribution is 7.22. The summed E-state index contributed by atoms with van der Waals surface area (Å²) in [6.07, 6.45) is 1.68. The molecule has 1 saturated heterocycles. The monoisotopic (exact) mass is 579 g/mol. The van der Waals surface area contributed by atoms with E-state index in [0.29, 0.717) is 22.6 Å². The molecule has 2 atom stereocenters. The zero-order valence-electron chi connectivity index (χ0n) is 23.6. The van der Waals surface area contributed by atoms with E-state index in [1.54, 1.807) is 6.20 Å². The largest absolute Gasteiger partial charge is 0.479 e. The Labute approximate surface area is 243 Å². The molecule has 1 N–H and O–H groups in total. The van der Waals surface area contributed by atoms with Gasteiger partial charge >= 0.3 is 5.97 Å². The Bertz CT molecular complexity index is 1550. The third kappa shape index (κ3) is 5.83. The number of thiazole rings is 1. The van der Waals surface area contributed by atoms with Crippen LogP contribution in [0.2, 0.25) is 5.02 Å². The summed E-state index contributed by atoms with van der Waals surface area (Å²) >= 11 is 7.71. The number of anilines is 1. The van der Waals surface area contributed by atoms with Gasteiger partial charge in [0.1, 0.15) is 10.7 Å². The molecule has 0 saturated carbocycles. The SMILES string of the molecule is Cc1cc2nc(-c3ccnc(N4CC[C@H](N(C)C)C4)n3)sc2c(-c2ccc(Cl)cc2)c1[C@H](OC(C)(C)C)C(=O)O. The molecule has 0 unspecified atom stereocenters. The van der Waals surface area contributed by atoms with Gasteiger partial charge in [-0.2, -0.15) is 0 Å². The molecule has 5 rings (SSSR count).